The number of aromatic carboxylic acids is 1. The van der Waals surface area contributed by atoms with Crippen molar-refractivity contribution in [2.24, 2.45) is 0 Å². The van der Waals surface area contributed by atoms with Gasteiger partial charge in [-0.05, 0) is 66.1 Å². The van der Waals surface area contributed by atoms with Gasteiger partial charge in [0.25, 0.3) is 0 Å². The van der Waals surface area contributed by atoms with Crippen molar-refractivity contribution in [3.63, 3.8) is 0 Å². The summed E-state index contributed by atoms with van der Waals surface area (Å²) in [6.07, 6.45) is 2.68. The zero-order chi connectivity index (χ0) is 15.3. The van der Waals surface area contributed by atoms with Gasteiger partial charge in [-0.1, -0.05) is 0 Å². The van der Waals surface area contributed by atoms with Gasteiger partial charge in [0.15, 0.2) is 0 Å². The minimum Gasteiger partial charge on any atom is -0.478 e. The Morgan fingerprint density at radius 2 is 2.15 bits per heavy atom. The van der Waals surface area contributed by atoms with Crippen molar-refractivity contribution in [3.8, 4) is 0 Å². The lowest BCUT2D eigenvalue weighted by molar-refractivity contribution is 0.0695. The number of halogens is 1. The topological polar surface area (TPSA) is 83.5 Å². The average molecular weight is 429 g/mol. The Bertz CT molecular complexity index is 589. The van der Waals surface area contributed by atoms with E-state index in [9.17, 15) is 13.2 Å². The zero-order valence-corrected chi connectivity index (χ0v) is 14.9. The van der Waals surface area contributed by atoms with E-state index in [1.54, 1.807) is 18.7 Å². The predicted molar refractivity (Wildman–Crippen MR) is 88.9 cm³/mol. The second kappa shape index (κ2) is 7.62. The molecule has 20 heavy (non-hydrogen) atoms. The molecule has 0 aliphatic heterocycles. The Morgan fingerprint density at radius 1 is 1.50 bits per heavy atom. The van der Waals surface area contributed by atoms with Gasteiger partial charge in [0, 0.05) is 9.61 Å². The van der Waals surface area contributed by atoms with Crippen molar-refractivity contribution in [2.45, 2.75) is 24.3 Å². The van der Waals surface area contributed by atoms with Crippen LogP contribution in [0.25, 0.3) is 0 Å². The van der Waals surface area contributed by atoms with Gasteiger partial charge in [-0.2, -0.15) is 11.8 Å². The Labute approximate surface area is 136 Å². The molecule has 1 atom stereocenters. The summed E-state index contributed by atoms with van der Waals surface area (Å²) in [6.45, 7) is 1.79. The number of hydrogen-bond acceptors (Lipinski definition) is 4. The quantitative estimate of drug-likeness (QED) is 0.651. The molecule has 0 radical (unpaired) electrons. The highest BCUT2D eigenvalue weighted by molar-refractivity contribution is 14.1. The molecule has 5 nitrogen and oxygen atoms in total. The van der Waals surface area contributed by atoms with Crippen LogP contribution in [0.3, 0.4) is 0 Å². The normalized spacial score (nSPS) is 13.2. The summed E-state index contributed by atoms with van der Waals surface area (Å²) in [5, 5.41) is 9.03. The molecule has 0 bridgehead atoms. The molecule has 2 N–H and O–H groups in total. The van der Waals surface area contributed by atoms with Crippen molar-refractivity contribution < 1.29 is 18.3 Å². The predicted octanol–water partition coefficient (Wildman–Crippen LogP) is 2.41. The number of rotatable bonds is 7. The molecule has 0 aromatic heterocycles. The van der Waals surface area contributed by atoms with E-state index in [1.807, 2.05) is 28.8 Å². The lowest BCUT2D eigenvalue weighted by atomic mass is 10.2. The van der Waals surface area contributed by atoms with Gasteiger partial charge in [-0.15, -0.1) is 0 Å². The summed E-state index contributed by atoms with van der Waals surface area (Å²) in [4.78, 5) is 11.0. The van der Waals surface area contributed by atoms with Gasteiger partial charge in [-0.25, -0.2) is 17.9 Å². The fourth-order valence-corrected chi connectivity index (χ4v) is 3.98. The summed E-state index contributed by atoms with van der Waals surface area (Å²) in [7, 11) is -3.69. The molecule has 0 spiro atoms. The second-order valence-corrected chi connectivity index (χ2v) is 8.11. The lowest BCUT2D eigenvalue weighted by Gasteiger charge is -2.14. The fraction of sp³-hybridized carbons (Fsp3) is 0.417. The minimum absolute atomic E-state index is 0.00904. The molecular weight excluding hydrogens is 413 g/mol. The maximum Gasteiger partial charge on any atom is 0.336 e. The third-order valence-electron chi connectivity index (χ3n) is 2.59. The van der Waals surface area contributed by atoms with Gasteiger partial charge < -0.3 is 5.11 Å². The maximum atomic E-state index is 12.2. The highest BCUT2D eigenvalue weighted by Gasteiger charge is 2.20. The van der Waals surface area contributed by atoms with Gasteiger partial charge in [0.05, 0.1) is 10.5 Å². The Balaban J connectivity index is 2.98. The van der Waals surface area contributed by atoms with Crippen LogP contribution in [0.2, 0.25) is 0 Å². The SMILES string of the molecule is CSCCC(C)NS(=O)(=O)c1ccc(I)c(C(=O)O)c1. The number of hydrogen-bond donors (Lipinski definition) is 2. The van der Waals surface area contributed by atoms with E-state index in [0.29, 0.717) is 3.57 Å². The van der Waals surface area contributed by atoms with Crippen LogP contribution in [0.15, 0.2) is 23.1 Å². The number of carboxylic acids is 1. The highest BCUT2D eigenvalue weighted by atomic mass is 127. The number of carbonyl (C=O) groups is 1. The first-order chi connectivity index (χ1) is 9.27. The van der Waals surface area contributed by atoms with Crippen molar-refractivity contribution in [1.29, 1.82) is 0 Å². The van der Waals surface area contributed by atoms with Crippen LogP contribution >= 0.6 is 34.4 Å². The molecule has 0 fully saturated rings. The number of nitrogens with one attached hydrogen (secondary N) is 1. The molecule has 8 heteroatoms. The van der Waals surface area contributed by atoms with Gasteiger partial charge in [-0.3, -0.25) is 0 Å². The number of benzene rings is 1. The van der Waals surface area contributed by atoms with Gasteiger partial charge >= 0.3 is 5.97 Å². The Hall–Kier alpha value is -0.320. The summed E-state index contributed by atoms with van der Waals surface area (Å²) in [5.41, 5.74) is -0.00904. The zero-order valence-electron chi connectivity index (χ0n) is 11.1. The summed E-state index contributed by atoms with van der Waals surface area (Å²) in [6, 6.07) is 3.90. The molecule has 0 heterocycles. The molecule has 0 aliphatic carbocycles. The van der Waals surface area contributed by atoms with Crippen LogP contribution in [0, 0.1) is 3.57 Å². The summed E-state index contributed by atoms with van der Waals surface area (Å²) >= 11 is 3.51. The monoisotopic (exact) mass is 429 g/mol. The molecular formula is C12H16INO4S2. The average Bonchev–Trinajstić information content (AvgIpc) is 2.35. The third kappa shape index (κ3) is 4.90. The van der Waals surface area contributed by atoms with Gasteiger partial charge in [0.2, 0.25) is 10.0 Å². The third-order valence-corrected chi connectivity index (χ3v) is 5.76. The van der Waals surface area contributed by atoms with Crippen molar-refractivity contribution in [2.75, 3.05) is 12.0 Å². The van der Waals surface area contributed by atoms with E-state index >= 15 is 0 Å². The maximum absolute atomic E-state index is 12.2. The molecule has 0 amide bonds. The smallest absolute Gasteiger partial charge is 0.336 e. The van der Waals surface area contributed by atoms with Crippen LogP contribution < -0.4 is 4.72 Å². The number of carboxylic acid groups (broad SMARTS) is 1. The lowest BCUT2D eigenvalue weighted by Crippen LogP contribution is -2.33. The van der Waals surface area contributed by atoms with E-state index < -0.39 is 16.0 Å². The highest BCUT2D eigenvalue weighted by Crippen LogP contribution is 2.18. The standard InChI is InChI=1S/C12H16INO4S2/c1-8(5-6-19-2)14-20(17,18)9-3-4-11(13)10(7-9)12(15)16/h3-4,7-8,14H,5-6H2,1-2H3,(H,15,16). The first-order valence-corrected chi connectivity index (χ1v) is 9.77. The first-order valence-electron chi connectivity index (χ1n) is 5.82. The largest absolute Gasteiger partial charge is 0.478 e. The Kier molecular flexibility index (Phi) is 6.76. The molecule has 1 aromatic rings. The summed E-state index contributed by atoms with van der Waals surface area (Å²) < 4.78 is 27.4. The van der Waals surface area contributed by atoms with Crippen LogP contribution in [-0.4, -0.2) is 37.5 Å². The van der Waals surface area contributed by atoms with Crippen molar-refractivity contribution in [1.82, 2.24) is 4.72 Å². The van der Waals surface area contributed by atoms with Crippen molar-refractivity contribution >= 4 is 50.3 Å². The Morgan fingerprint density at radius 3 is 2.70 bits per heavy atom. The number of sulfonamides is 1. The molecule has 1 aromatic carbocycles. The molecule has 0 aliphatic rings. The van der Waals surface area contributed by atoms with E-state index in [4.69, 9.17) is 5.11 Å². The molecule has 1 unspecified atom stereocenters. The first kappa shape index (κ1) is 17.7. The minimum atomic E-state index is -3.69. The second-order valence-electron chi connectivity index (χ2n) is 4.25. The van der Waals surface area contributed by atoms with E-state index in [2.05, 4.69) is 4.72 Å². The van der Waals surface area contributed by atoms with Crippen LogP contribution in [0.4, 0.5) is 0 Å². The molecule has 1 rings (SSSR count). The van der Waals surface area contributed by atoms with Gasteiger partial charge in [0.1, 0.15) is 0 Å². The van der Waals surface area contributed by atoms with Crippen LogP contribution in [0.1, 0.15) is 23.7 Å². The molecule has 0 saturated heterocycles. The molecule has 112 valence electrons. The van der Waals surface area contributed by atoms with E-state index in [0.717, 1.165) is 12.2 Å². The van der Waals surface area contributed by atoms with Crippen LogP contribution in [-0.2, 0) is 10.0 Å². The van der Waals surface area contributed by atoms with E-state index in [1.165, 1.54) is 18.2 Å². The van der Waals surface area contributed by atoms with Crippen LogP contribution in [0.5, 0.6) is 0 Å². The summed E-state index contributed by atoms with van der Waals surface area (Å²) in [5.74, 6) is -0.279. The van der Waals surface area contributed by atoms with E-state index in [-0.39, 0.29) is 16.5 Å². The molecule has 0 saturated carbocycles. The van der Waals surface area contributed by atoms with Crippen molar-refractivity contribution in [3.05, 3.63) is 27.3 Å². The number of thioether (sulfide) groups is 1. The fourth-order valence-electron chi connectivity index (χ4n) is 1.52.